The van der Waals surface area contributed by atoms with Crippen molar-refractivity contribution in [2.75, 3.05) is 7.11 Å². The number of aryl methyl sites for hydroxylation is 2. The lowest BCUT2D eigenvalue weighted by atomic mass is 10.2. The smallest absolute Gasteiger partial charge is 0.119 e. The molecule has 18 heavy (non-hydrogen) atoms. The van der Waals surface area contributed by atoms with Crippen molar-refractivity contribution in [3.05, 3.63) is 30.0 Å². The van der Waals surface area contributed by atoms with E-state index < -0.39 is 5.97 Å². The molecule has 0 saturated heterocycles. The maximum Gasteiger partial charge on any atom is 0.119 e. The van der Waals surface area contributed by atoms with E-state index in [1.165, 1.54) is 0 Å². The van der Waals surface area contributed by atoms with E-state index in [0.717, 1.165) is 22.3 Å². The number of carbonyl (C=O) groups is 1. The molecule has 0 radical (unpaired) electrons. The van der Waals surface area contributed by atoms with Gasteiger partial charge in [0.1, 0.15) is 5.75 Å². The molecule has 0 aliphatic rings. The predicted molar refractivity (Wildman–Crippen MR) is 67.5 cm³/mol. The number of fused-ring (bicyclic) bond motifs is 1. The molecule has 0 bridgehead atoms. The third-order valence-corrected chi connectivity index (χ3v) is 3.08. The average Bonchev–Trinajstić information content (AvgIpc) is 2.64. The van der Waals surface area contributed by atoms with Crippen molar-refractivity contribution in [1.29, 1.82) is 0 Å². The van der Waals surface area contributed by atoms with Crippen LogP contribution in [0.25, 0.3) is 10.9 Å². The normalized spacial score (nSPS) is 10.8. The Bertz CT molecular complexity index is 572. The predicted octanol–water partition coefficient (Wildman–Crippen LogP) is 1.49. The average molecular weight is 246 g/mol. The first-order valence-electron chi connectivity index (χ1n) is 5.95. The van der Waals surface area contributed by atoms with E-state index in [0.29, 0.717) is 13.0 Å². The molecule has 1 heterocycles. The summed E-state index contributed by atoms with van der Waals surface area (Å²) in [5.41, 5.74) is 2.23. The topological polar surface area (TPSA) is 54.3 Å². The highest BCUT2D eigenvalue weighted by Gasteiger charge is 2.06. The highest BCUT2D eigenvalue weighted by Crippen LogP contribution is 2.24. The van der Waals surface area contributed by atoms with E-state index >= 15 is 0 Å². The summed E-state index contributed by atoms with van der Waals surface area (Å²) in [5, 5.41) is 11.5. The molecule has 96 valence electrons. The summed E-state index contributed by atoms with van der Waals surface area (Å²) in [5.74, 6) is -0.167. The van der Waals surface area contributed by atoms with Gasteiger partial charge in [-0.3, -0.25) is 0 Å². The van der Waals surface area contributed by atoms with Gasteiger partial charge in [0.05, 0.1) is 7.11 Å². The molecule has 0 saturated carbocycles. The van der Waals surface area contributed by atoms with Crippen molar-refractivity contribution in [2.45, 2.75) is 26.3 Å². The number of nitrogens with zero attached hydrogens (tertiary/aromatic N) is 1. The molecule has 0 atom stereocenters. The Labute approximate surface area is 106 Å². The van der Waals surface area contributed by atoms with Gasteiger partial charge in [0.15, 0.2) is 0 Å². The SMILES string of the molecule is COc1ccc2c(c1)cc(C)n2CCCC(=O)[O-]. The second-order valence-electron chi connectivity index (χ2n) is 4.34. The van der Waals surface area contributed by atoms with E-state index in [1.54, 1.807) is 7.11 Å². The second kappa shape index (κ2) is 5.12. The molecule has 2 aromatic rings. The summed E-state index contributed by atoms with van der Waals surface area (Å²) >= 11 is 0. The zero-order valence-corrected chi connectivity index (χ0v) is 10.6. The quantitative estimate of drug-likeness (QED) is 0.803. The van der Waals surface area contributed by atoms with Crippen LogP contribution in [0.5, 0.6) is 5.75 Å². The monoisotopic (exact) mass is 246 g/mol. The van der Waals surface area contributed by atoms with Crippen molar-refractivity contribution in [2.24, 2.45) is 0 Å². The van der Waals surface area contributed by atoms with Gasteiger partial charge < -0.3 is 19.2 Å². The summed E-state index contributed by atoms with van der Waals surface area (Å²) in [6.45, 7) is 2.71. The molecular weight excluding hydrogens is 230 g/mol. The highest BCUT2D eigenvalue weighted by molar-refractivity contribution is 5.82. The molecule has 0 aliphatic heterocycles. The van der Waals surface area contributed by atoms with E-state index in [4.69, 9.17) is 4.74 Å². The molecule has 4 nitrogen and oxygen atoms in total. The molecule has 1 aromatic carbocycles. The Morgan fingerprint density at radius 3 is 2.83 bits per heavy atom. The second-order valence-corrected chi connectivity index (χ2v) is 4.34. The Hall–Kier alpha value is -1.97. The van der Waals surface area contributed by atoms with Crippen LogP contribution in [0.1, 0.15) is 18.5 Å². The molecular formula is C14H16NO3-. The number of ether oxygens (including phenoxy) is 1. The summed E-state index contributed by atoms with van der Waals surface area (Å²) in [7, 11) is 1.64. The van der Waals surface area contributed by atoms with Crippen LogP contribution in [0.15, 0.2) is 24.3 Å². The van der Waals surface area contributed by atoms with Crippen LogP contribution in [0, 0.1) is 6.92 Å². The Balaban J connectivity index is 2.27. The minimum Gasteiger partial charge on any atom is -0.550 e. The Kier molecular flexibility index (Phi) is 3.55. The van der Waals surface area contributed by atoms with Gasteiger partial charge in [0, 0.05) is 29.1 Å². The van der Waals surface area contributed by atoms with Crippen LogP contribution in [0.3, 0.4) is 0 Å². The lowest BCUT2D eigenvalue weighted by molar-refractivity contribution is -0.305. The first kappa shape index (κ1) is 12.5. The number of carboxylic acids is 1. The molecule has 4 heteroatoms. The molecule has 0 spiro atoms. The van der Waals surface area contributed by atoms with Crippen molar-refractivity contribution < 1.29 is 14.6 Å². The number of carboxylic acid groups (broad SMARTS) is 1. The molecule has 0 fully saturated rings. The molecule has 0 amide bonds. The number of carbonyl (C=O) groups excluding carboxylic acids is 1. The number of methoxy groups -OCH3 is 1. The van der Waals surface area contributed by atoms with Crippen LogP contribution < -0.4 is 9.84 Å². The van der Waals surface area contributed by atoms with Crippen LogP contribution in [0.2, 0.25) is 0 Å². The van der Waals surface area contributed by atoms with Crippen LogP contribution in [-0.4, -0.2) is 17.6 Å². The fourth-order valence-electron chi connectivity index (χ4n) is 2.19. The highest BCUT2D eigenvalue weighted by atomic mass is 16.5. The zero-order chi connectivity index (χ0) is 13.1. The zero-order valence-electron chi connectivity index (χ0n) is 10.6. The standard InChI is InChI=1S/C14H17NO3/c1-10-8-11-9-12(18-2)5-6-13(11)15(10)7-3-4-14(16)17/h5-6,8-9H,3-4,7H2,1-2H3,(H,16,17)/p-1. The first-order valence-corrected chi connectivity index (χ1v) is 5.95. The van der Waals surface area contributed by atoms with Gasteiger partial charge in [-0.2, -0.15) is 0 Å². The summed E-state index contributed by atoms with van der Waals surface area (Å²) < 4.78 is 7.31. The number of aromatic nitrogens is 1. The van der Waals surface area contributed by atoms with Crippen LogP contribution in [0.4, 0.5) is 0 Å². The number of rotatable bonds is 5. The van der Waals surface area contributed by atoms with Crippen LogP contribution in [-0.2, 0) is 11.3 Å². The fraction of sp³-hybridized carbons (Fsp3) is 0.357. The lowest BCUT2D eigenvalue weighted by Gasteiger charge is -2.09. The van der Waals surface area contributed by atoms with Crippen molar-refractivity contribution in [3.8, 4) is 5.75 Å². The lowest BCUT2D eigenvalue weighted by Crippen LogP contribution is -2.22. The van der Waals surface area contributed by atoms with Gasteiger partial charge in [0.25, 0.3) is 0 Å². The number of aliphatic carboxylic acids is 1. The van der Waals surface area contributed by atoms with E-state index in [2.05, 4.69) is 10.6 Å². The Morgan fingerprint density at radius 1 is 1.39 bits per heavy atom. The summed E-state index contributed by atoms with van der Waals surface area (Å²) in [6, 6.07) is 7.98. The third kappa shape index (κ3) is 2.47. The molecule has 2 rings (SSSR count). The van der Waals surface area contributed by atoms with Crippen molar-refractivity contribution in [3.63, 3.8) is 0 Å². The van der Waals surface area contributed by atoms with Crippen LogP contribution >= 0.6 is 0 Å². The molecule has 0 aliphatic carbocycles. The first-order chi connectivity index (χ1) is 8.61. The molecule has 0 unspecified atom stereocenters. The van der Waals surface area contributed by atoms with Crippen molar-refractivity contribution in [1.82, 2.24) is 4.57 Å². The largest absolute Gasteiger partial charge is 0.550 e. The number of hydrogen-bond donors (Lipinski definition) is 0. The number of hydrogen-bond acceptors (Lipinski definition) is 3. The maximum absolute atomic E-state index is 10.4. The van der Waals surface area contributed by atoms with Gasteiger partial charge in [-0.25, -0.2) is 0 Å². The molecule has 1 aromatic heterocycles. The number of benzene rings is 1. The fourth-order valence-corrected chi connectivity index (χ4v) is 2.19. The maximum atomic E-state index is 10.4. The van der Waals surface area contributed by atoms with E-state index in [-0.39, 0.29) is 6.42 Å². The Morgan fingerprint density at radius 2 is 2.17 bits per heavy atom. The van der Waals surface area contributed by atoms with E-state index in [9.17, 15) is 9.90 Å². The minimum atomic E-state index is -0.995. The van der Waals surface area contributed by atoms with Gasteiger partial charge >= 0.3 is 0 Å². The van der Waals surface area contributed by atoms with Gasteiger partial charge in [-0.05, 0) is 44.0 Å². The summed E-state index contributed by atoms with van der Waals surface area (Å²) in [6.07, 6.45) is 0.675. The molecule has 0 N–H and O–H groups in total. The van der Waals surface area contributed by atoms with Crippen molar-refractivity contribution >= 4 is 16.9 Å². The third-order valence-electron chi connectivity index (χ3n) is 3.08. The summed E-state index contributed by atoms with van der Waals surface area (Å²) in [4.78, 5) is 10.4. The van der Waals surface area contributed by atoms with Gasteiger partial charge in [-0.1, -0.05) is 0 Å². The van der Waals surface area contributed by atoms with Gasteiger partial charge in [0.2, 0.25) is 0 Å². The van der Waals surface area contributed by atoms with E-state index in [1.807, 2.05) is 25.1 Å². The van der Waals surface area contributed by atoms with Gasteiger partial charge in [-0.15, -0.1) is 0 Å². The minimum absolute atomic E-state index is 0.0925.